The van der Waals surface area contributed by atoms with Gasteiger partial charge in [-0.3, -0.25) is 9.59 Å². The molecular formula is C25H31IN2O3. The van der Waals surface area contributed by atoms with Crippen molar-refractivity contribution in [3.8, 4) is 5.75 Å². The highest BCUT2D eigenvalue weighted by atomic mass is 127. The van der Waals surface area contributed by atoms with E-state index in [1.165, 1.54) is 6.42 Å². The predicted molar refractivity (Wildman–Crippen MR) is 131 cm³/mol. The second-order valence-corrected chi connectivity index (χ2v) is 9.51. The number of rotatable bonds is 8. The van der Waals surface area contributed by atoms with Gasteiger partial charge in [-0.05, 0) is 79.1 Å². The number of amides is 2. The van der Waals surface area contributed by atoms with E-state index in [2.05, 4.69) is 27.9 Å². The predicted octanol–water partition coefficient (Wildman–Crippen LogP) is 4.84. The van der Waals surface area contributed by atoms with Crippen LogP contribution in [0.25, 0.3) is 0 Å². The Morgan fingerprint density at radius 1 is 1.06 bits per heavy atom. The van der Waals surface area contributed by atoms with Gasteiger partial charge in [0.2, 0.25) is 5.91 Å². The van der Waals surface area contributed by atoms with Crippen LogP contribution in [0.2, 0.25) is 0 Å². The van der Waals surface area contributed by atoms with Crippen LogP contribution in [-0.4, -0.2) is 35.4 Å². The summed E-state index contributed by atoms with van der Waals surface area (Å²) < 4.78 is 6.82. The van der Waals surface area contributed by atoms with E-state index in [9.17, 15) is 9.59 Å². The second-order valence-electron chi connectivity index (χ2n) is 8.27. The van der Waals surface area contributed by atoms with Crippen LogP contribution >= 0.6 is 22.6 Å². The van der Waals surface area contributed by atoms with Gasteiger partial charge in [-0.1, -0.05) is 49.1 Å². The van der Waals surface area contributed by atoms with Gasteiger partial charge < -0.3 is 15.0 Å². The third-order valence-corrected chi connectivity index (χ3v) is 6.49. The maximum absolute atomic E-state index is 13.1. The molecule has 1 N–H and O–H groups in total. The molecule has 0 saturated heterocycles. The Labute approximate surface area is 198 Å². The quantitative estimate of drug-likeness (QED) is 0.493. The fraction of sp³-hybridized carbons (Fsp3) is 0.440. The number of carbonyl (C=O) groups excluding carboxylic acids is 2. The van der Waals surface area contributed by atoms with Crippen LogP contribution in [0.4, 0.5) is 0 Å². The number of ether oxygens (including phenoxy) is 1. The van der Waals surface area contributed by atoms with Gasteiger partial charge in [-0.2, -0.15) is 0 Å². The first-order valence-corrected chi connectivity index (χ1v) is 12.0. The van der Waals surface area contributed by atoms with Crippen molar-refractivity contribution < 1.29 is 14.3 Å². The van der Waals surface area contributed by atoms with Crippen LogP contribution < -0.4 is 10.1 Å². The maximum atomic E-state index is 13.1. The van der Waals surface area contributed by atoms with Crippen LogP contribution in [0, 0.1) is 10.5 Å². The molecule has 166 valence electrons. The Morgan fingerprint density at radius 2 is 1.71 bits per heavy atom. The first-order valence-electron chi connectivity index (χ1n) is 11.0. The smallest absolute Gasteiger partial charge is 0.261 e. The molecule has 6 heteroatoms. The molecule has 1 saturated carbocycles. The lowest BCUT2D eigenvalue weighted by molar-refractivity contribution is -0.142. The molecule has 1 atom stereocenters. The van der Waals surface area contributed by atoms with Crippen LogP contribution in [-0.2, 0) is 16.1 Å². The molecule has 1 aliphatic rings. The molecule has 0 aromatic heterocycles. The van der Waals surface area contributed by atoms with Crippen LogP contribution in [0.5, 0.6) is 5.75 Å². The van der Waals surface area contributed by atoms with Crippen molar-refractivity contribution in [2.75, 3.05) is 6.61 Å². The van der Waals surface area contributed by atoms with Gasteiger partial charge in [0, 0.05) is 16.2 Å². The van der Waals surface area contributed by atoms with Gasteiger partial charge in [0.05, 0.1) is 0 Å². The summed E-state index contributed by atoms with van der Waals surface area (Å²) in [5.74, 6) is 0.343. The zero-order valence-electron chi connectivity index (χ0n) is 18.3. The molecule has 0 bridgehead atoms. The standard InChI is InChI=1S/C25H31IN2O3/c1-18-8-10-20(11-9-18)16-28(19(2)25(30)27-22-6-4-3-5-7-22)24(29)17-31-23-14-12-21(26)13-15-23/h8-15,19,22H,3-7,16-17H2,1-2H3,(H,27,30)/t19-/m1/s1. The molecular weight excluding hydrogens is 503 g/mol. The van der Waals surface area contributed by atoms with Crippen LogP contribution in [0.1, 0.15) is 50.2 Å². The lowest BCUT2D eigenvalue weighted by Crippen LogP contribution is -2.51. The summed E-state index contributed by atoms with van der Waals surface area (Å²) in [6, 6.07) is 15.2. The highest BCUT2D eigenvalue weighted by Gasteiger charge is 2.28. The van der Waals surface area contributed by atoms with Gasteiger partial charge in [-0.15, -0.1) is 0 Å². The number of nitrogens with one attached hydrogen (secondary N) is 1. The van der Waals surface area contributed by atoms with Gasteiger partial charge in [0.25, 0.3) is 5.91 Å². The summed E-state index contributed by atoms with van der Waals surface area (Å²) >= 11 is 2.23. The highest BCUT2D eigenvalue weighted by Crippen LogP contribution is 2.19. The van der Waals surface area contributed by atoms with Crippen LogP contribution in [0.15, 0.2) is 48.5 Å². The number of nitrogens with zero attached hydrogens (tertiary/aromatic N) is 1. The number of aryl methyl sites for hydroxylation is 1. The Morgan fingerprint density at radius 3 is 2.35 bits per heavy atom. The van der Waals surface area contributed by atoms with E-state index in [1.54, 1.807) is 11.8 Å². The average Bonchev–Trinajstić information content (AvgIpc) is 2.78. The SMILES string of the molecule is Cc1ccc(CN(C(=O)COc2ccc(I)cc2)[C@H](C)C(=O)NC2CCCCC2)cc1. The molecule has 0 heterocycles. The van der Waals surface area contributed by atoms with E-state index in [0.717, 1.165) is 40.4 Å². The van der Waals surface area contributed by atoms with Crippen molar-refractivity contribution in [3.63, 3.8) is 0 Å². The molecule has 1 aliphatic carbocycles. The molecule has 0 radical (unpaired) electrons. The molecule has 2 aromatic carbocycles. The topological polar surface area (TPSA) is 58.6 Å². The van der Waals surface area contributed by atoms with Crippen molar-refractivity contribution in [2.24, 2.45) is 0 Å². The number of benzene rings is 2. The highest BCUT2D eigenvalue weighted by molar-refractivity contribution is 14.1. The Bertz CT molecular complexity index is 861. The monoisotopic (exact) mass is 534 g/mol. The number of halogens is 1. The second kappa shape index (κ2) is 11.5. The van der Waals surface area contributed by atoms with E-state index < -0.39 is 6.04 Å². The summed E-state index contributed by atoms with van der Waals surface area (Å²) in [6.07, 6.45) is 5.56. The fourth-order valence-electron chi connectivity index (χ4n) is 3.80. The lowest BCUT2D eigenvalue weighted by atomic mass is 9.95. The normalized spacial score (nSPS) is 15.2. The molecule has 3 rings (SSSR count). The van der Waals surface area contributed by atoms with E-state index in [0.29, 0.717) is 12.3 Å². The van der Waals surface area contributed by atoms with Gasteiger partial charge in [-0.25, -0.2) is 0 Å². The number of carbonyl (C=O) groups is 2. The molecule has 1 fully saturated rings. The van der Waals surface area contributed by atoms with Crippen molar-refractivity contribution in [1.29, 1.82) is 0 Å². The first kappa shape index (κ1) is 23.6. The van der Waals surface area contributed by atoms with Crippen LogP contribution in [0.3, 0.4) is 0 Å². The van der Waals surface area contributed by atoms with E-state index >= 15 is 0 Å². The Balaban J connectivity index is 1.69. The summed E-state index contributed by atoms with van der Waals surface area (Å²) in [7, 11) is 0. The van der Waals surface area contributed by atoms with Gasteiger partial charge >= 0.3 is 0 Å². The molecule has 0 aliphatic heterocycles. The van der Waals surface area contributed by atoms with E-state index in [-0.39, 0.29) is 24.5 Å². The molecule has 31 heavy (non-hydrogen) atoms. The molecule has 2 aromatic rings. The van der Waals surface area contributed by atoms with Crippen molar-refractivity contribution in [2.45, 2.75) is 64.6 Å². The van der Waals surface area contributed by atoms with Gasteiger partial charge in [0.15, 0.2) is 6.61 Å². The molecule has 5 nitrogen and oxygen atoms in total. The fourth-order valence-corrected chi connectivity index (χ4v) is 4.16. The van der Waals surface area contributed by atoms with E-state index in [1.807, 2.05) is 55.5 Å². The minimum absolute atomic E-state index is 0.0957. The summed E-state index contributed by atoms with van der Waals surface area (Å²) in [5.41, 5.74) is 2.15. The third-order valence-electron chi connectivity index (χ3n) is 5.77. The summed E-state index contributed by atoms with van der Waals surface area (Å²) in [4.78, 5) is 27.7. The number of hydrogen-bond acceptors (Lipinski definition) is 3. The van der Waals surface area contributed by atoms with Crippen molar-refractivity contribution >= 4 is 34.4 Å². The molecule has 0 spiro atoms. The Kier molecular flexibility index (Phi) is 8.75. The van der Waals surface area contributed by atoms with Crippen molar-refractivity contribution in [3.05, 3.63) is 63.2 Å². The molecule has 2 amide bonds. The lowest BCUT2D eigenvalue weighted by Gasteiger charge is -2.31. The van der Waals surface area contributed by atoms with Crippen molar-refractivity contribution in [1.82, 2.24) is 10.2 Å². The average molecular weight is 534 g/mol. The Hall–Kier alpha value is -2.09. The largest absolute Gasteiger partial charge is 0.484 e. The third kappa shape index (κ3) is 7.23. The first-order chi connectivity index (χ1) is 14.9. The minimum atomic E-state index is -0.573. The zero-order valence-corrected chi connectivity index (χ0v) is 20.4. The zero-order chi connectivity index (χ0) is 22.2. The maximum Gasteiger partial charge on any atom is 0.261 e. The summed E-state index contributed by atoms with van der Waals surface area (Å²) in [6.45, 7) is 4.10. The molecule has 0 unspecified atom stereocenters. The number of hydrogen-bond donors (Lipinski definition) is 1. The minimum Gasteiger partial charge on any atom is -0.484 e. The summed E-state index contributed by atoms with van der Waals surface area (Å²) in [5, 5.41) is 3.15. The van der Waals surface area contributed by atoms with Gasteiger partial charge in [0.1, 0.15) is 11.8 Å². The van der Waals surface area contributed by atoms with E-state index in [4.69, 9.17) is 4.74 Å².